The van der Waals surface area contributed by atoms with Crippen LogP contribution in [0.4, 0.5) is 5.69 Å². The number of amides is 1. The van der Waals surface area contributed by atoms with Gasteiger partial charge < -0.3 is 15.8 Å². The Morgan fingerprint density at radius 1 is 1.42 bits per heavy atom. The number of benzene rings is 1. The predicted molar refractivity (Wildman–Crippen MR) is 74.0 cm³/mol. The molecule has 0 saturated carbocycles. The molecule has 1 aromatic carbocycles. The molecule has 104 valence electrons. The van der Waals surface area contributed by atoms with E-state index in [2.05, 4.69) is 5.32 Å². The number of carbonyl (C=O) groups excluding carboxylic acids is 2. The normalized spacial score (nSPS) is 10.3. The monoisotopic (exact) mass is 284 g/mol. The summed E-state index contributed by atoms with van der Waals surface area (Å²) in [5.41, 5.74) is 6.02. The van der Waals surface area contributed by atoms with Crippen LogP contribution in [0.1, 0.15) is 24.2 Å². The molecule has 5 nitrogen and oxygen atoms in total. The average molecular weight is 285 g/mol. The first kappa shape index (κ1) is 15.3. The molecule has 0 atom stereocenters. The molecule has 0 aliphatic heterocycles. The summed E-state index contributed by atoms with van der Waals surface area (Å²) < 4.78 is 4.87. The van der Waals surface area contributed by atoms with E-state index in [0.717, 1.165) is 0 Å². The molecule has 1 amide bonds. The molecule has 0 unspecified atom stereocenters. The molecule has 3 N–H and O–H groups in total. The van der Waals surface area contributed by atoms with Crippen molar-refractivity contribution >= 4 is 29.2 Å². The number of hydrogen-bond donors (Lipinski definition) is 2. The standard InChI is InChI=1S/C13H17ClN2O3/c1-8(2)6-16-11(17)7-19-13(18)9-4-3-5-10(15)12(9)14/h3-5,8H,6-7,15H2,1-2H3,(H,16,17). The maximum absolute atomic E-state index is 11.7. The lowest BCUT2D eigenvalue weighted by Gasteiger charge is -2.09. The first-order valence-corrected chi connectivity index (χ1v) is 6.27. The molecule has 19 heavy (non-hydrogen) atoms. The van der Waals surface area contributed by atoms with Crippen LogP contribution in [-0.4, -0.2) is 25.0 Å². The van der Waals surface area contributed by atoms with E-state index >= 15 is 0 Å². The summed E-state index contributed by atoms with van der Waals surface area (Å²) in [5.74, 6) is -0.679. The van der Waals surface area contributed by atoms with Crippen molar-refractivity contribution < 1.29 is 14.3 Å². The van der Waals surface area contributed by atoms with Crippen molar-refractivity contribution in [2.45, 2.75) is 13.8 Å². The molecule has 0 aromatic heterocycles. The second-order valence-corrected chi connectivity index (χ2v) is 4.86. The third kappa shape index (κ3) is 4.79. The van der Waals surface area contributed by atoms with Crippen LogP contribution in [0.2, 0.25) is 5.02 Å². The fourth-order valence-electron chi connectivity index (χ4n) is 1.29. The smallest absolute Gasteiger partial charge is 0.340 e. The summed E-state index contributed by atoms with van der Waals surface area (Å²) in [7, 11) is 0. The van der Waals surface area contributed by atoms with Gasteiger partial charge in [-0.25, -0.2) is 4.79 Å². The number of nitrogen functional groups attached to an aromatic ring is 1. The topological polar surface area (TPSA) is 81.4 Å². The number of nitrogens with one attached hydrogen (secondary N) is 1. The van der Waals surface area contributed by atoms with E-state index in [4.69, 9.17) is 22.1 Å². The molecule has 1 rings (SSSR count). The molecule has 0 aliphatic rings. The molecule has 0 saturated heterocycles. The highest BCUT2D eigenvalue weighted by molar-refractivity contribution is 6.36. The van der Waals surface area contributed by atoms with Gasteiger partial charge in [-0.1, -0.05) is 31.5 Å². The lowest BCUT2D eigenvalue weighted by molar-refractivity contribution is -0.124. The number of halogens is 1. The molecule has 0 bridgehead atoms. The van der Waals surface area contributed by atoms with Gasteiger partial charge >= 0.3 is 5.97 Å². The van der Waals surface area contributed by atoms with Gasteiger partial charge in [0.25, 0.3) is 5.91 Å². The van der Waals surface area contributed by atoms with E-state index in [-0.39, 0.29) is 23.1 Å². The summed E-state index contributed by atoms with van der Waals surface area (Å²) in [6.07, 6.45) is 0. The molecular weight excluding hydrogens is 268 g/mol. The van der Waals surface area contributed by atoms with Gasteiger partial charge in [-0.15, -0.1) is 0 Å². The lowest BCUT2D eigenvalue weighted by atomic mass is 10.2. The van der Waals surface area contributed by atoms with E-state index in [1.165, 1.54) is 6.07 Å². The van der Waals surface area contributed by atoms with Crippen LogP contribution < -0.4 is 11.1 Å². The van der Waals surface area contributed by atoms with Crippen LogP contribution in [0.5, 0.6) is 0 Å². The maximum atomic E-state index is 11.7. The lowest BCUT2D eigenvalue weighted by Crippen LogP contribution is -2.31. The minimum Gasteiger partial charge on any atom is -0.452 e. The third-order valence-electron chi connectivity index (χ3n) is 2.29. The van der Waals surface area contributed by atoms with Crippen molar-refractivity contribution in [2.24, 2.45) is 5.92 Å². The minimum atomic E-state index is -0.669. The van der Waals surface area contributed by atoms with Gasteiger partial charge in [-0.3, -0.25) is 4.79 Å². The second kappa shape index (κ2) is 6.99. The summed E-state index contributed by atoms with van der Waals surface area (Å²) in [5, 5.41) is 2.78. The van der Waals surface area contributed by atoms with Gasteiger partial charge in [0.15, 0.2) is 6.61 Å². The highest BCUT2D eigenvalue weighted by Crippen LogP contribution is 2.23. The number of hydrogen-bond acceptors (Lipinski definition) is 4. The first-order valence-electron chi connectivity index (χ1n) is 5.89. The molecule has 0 spiro atoms. The van der Waals surface area contributed by atoms with Crippen LogP contribution in [0.25, 0.3) is 0 Å². The van der Waals surface area contributed by atoms with Crippen LogP contribution in [-0.2, 0) is 9.53 Å². The Labute approximate surface area is 117 Å². The SMILES string of the molecule is CC(C)CNC(=O)COC(=O)c1cccc(N)c1Cl. The van der Waals surface area contributed by atoms with Crippen LogP contribution in [0, 0.1) is 5.92 Å². The maximum Gasteiger partial charge on any atom is 0.340 e. The Kier molecular flexibility index (Phi) is 5.63. The van der Waals surface area contributed by atoms with Crippen molar-refractivity contribution in [3.63, 3.8) is 0 Å². The molecule has 0 aliphatic carbocycles. The summed E-state index contributed by atoms with van der Waals surface area (Å²) in [4.78, 5) is 23.1. The Morgan fingerprint density at radius 2 is 2.11 bits per heavy atom. The van der Waals surface area contributed by atoms with Gasteiger partial charge in [-0.2, -0.15) is 0 Å². The molecule has 0 heterocycles. The van der Waals surface area contributed by atoms with E-state index < -0.39 is 5.97 Å². The van der Waals surface area contributed by atoms with Gasteiger partial charge in [0.2, 0.25) is 0 Å². The van der Waals surface area contributed by atoms with Crippen LogP contribution >= 0.6 is 11.6 Å². The van der Waals surface area contributed by atoms with Crippen molar-refractivity contribution in [2.75, 3.05) is 18.9 Å². The number of nitrogens with two attached hydrogens (primary N) is 1. The summed E-state index contributed by atoms with van der Waals surface area (Å²) in [6.45, 7) is 4.14. The number of rotatable bonds is 5. The highest BCUT2D eigenvalue weighted by atomic mass is 35.5. The van der Waals surface area contributed by atoms with E-state index in [0.29, 0.717) is 18.2 Å². The fourth-order valence-corrected chi connectivity index (χ4v) is 1.49. The Balaban J connectivity index is 2.52. The number of anilines is 1. The highest BCUT2D eigenvalue weighted by Gasteiger charge is 2.15. The van der Waals surface area contributed by atoms with Gasteiger partial charge in [0, 0.05) is 6.54 Å². The molecule has 0 radical (unpaired) electrons. The Morgan fingerprint density at radius 3 is 2.74 bits per heavy atom. The van der Waals surface area contributed by atoms with Crippen molar-refractivity contribution in [1.29, 1.82) is 0 Å². The zero-order valence-electron chi connectivity index (χ0n) is 10.9. The van der Waals surface area contributed by atoms with Crippen LogP contribution in [0.15, 0.2) is 18.2 Å². The molecule has 6 heteroatoms. The van der Waals surface area contributed by atoms with Crippen molar-refractivity contribution in [3.8, 4) is 0 Å². The average Bonchev–Trinajstić information content (AvgIpc) is 2.36. The molecule has 1 aromatic rings. The van der Waals surface area contributed by atoms with E-state index in [1.54, 1.807) is 12.1 Å². The molecule has 0 fully saturated rings. The van der Waals surface area contributed by atoms with Gasteiger partial charge in [0.1, 0.15) is 0 Å². The first-order chi connectivity index (χ1) is 8.91. The van der Waals surface area contributed by atoms with E-state index in [1.807, 2.05) is 13.8 Å². The van der Waals surface area contributed by atoms with Gasteiger partial charge in [-0.05, 0) is 18.1 Å². The van der Waals surface area contributed by atoms with Crippen molar-refractivity contribution in [3.05, 3.63) is 28.8 Å². The third-order valence-corrected chi connectivity index (χ3v) is 2.71. The number of ether oxygens (including phenoxy) is 1. The van der Waals surface area contributed by atoms with Crippen molar-refractivity contribution in [1.82, 2.24) is 5.32 Å². The number of carbonyl (C=O) groups is 2. The van der Waals surface area contributed by atoms with Gasteiger partial charge in [0.05, 0.1) is 16.3 Å². The zero-order valence-corrected chi connectivity index (χ0v) is 11.7. The zero-order chi connectivity index (χ0) is 14.4. The van der Waals surface area contributed by atoms with E-state index in [9.17, 15) is 9.59 Å². The fraction of sp³-hybridized carbons (Fsp3) is 0.385. The quantitative estimate of drug-likeness (QED) is 0.639. The predicted octanol–water partition coefficient (Wildman–Crippen LogP) is 1.85. The summed E-state index contributed by atoms with van der Waals surface area (Å²) >= 11 is 5.88. The largest absolute Gasteiger partial charge is 0.452 e. The summed E-state index contributed by atoms with van der Waals surface area (Å²) in [6, 6.07) is 4.66. The molecular formula is C13H17ClN2O3. The number of esters is 1. The second-order valence-electron chi connectivity index (χ2n) is 4.48. The minimum absolute atomic E-state index is 0.134. The Bertz CT molecular complexity index is 475. The van der Waals surface area contributed by atoms with Crippen LogP contribution in [0.3, 0.4) is 0 Å². The Hall–Kier alpha value is -1.75.